The fourth-order valence-corrected chi connectivity index (χ4v) is 3.74. The number of hydrogen-bond donors (Lipinski definition) is 1. The maximum Gasteiger partial charge on any atom is 0.230 e. The molecule has 0 atom stereocenters. The molecule has 1 N–H and O–H groups in total. The molecular formula is C19H23N5O2S. The van der Waals surface area contributed by atoms with Crippen LogP contribution in [-0.4, -0.2) is 33.0 Å². The third kappa shape index (κ3) is 4.51. The van der Waals surface area contributed by atoms with Gasteiger partial charge in [0.2, 0.25) is 11.0 Å². The van der Waals surface area contributed by atoms with Crippen LogP contribution in [0, 0.1) is 13.8 Å². The highest BCUT2D eigenvalue weighted by molar-refractivity contribution is 7.15. The average molecular weight is 385 g/mol. The van der Waals surface area contributed by atoms with E-state index in [9.17, 15) is 4.79 Å². The number of hydrogen-bond acceptors (Lipinski definition) is 6. The van der Waals surface area contributed by atoms with Gasteiger partial charge in [-0.25, -0.2) is 0 Å². The number of ether oxygens (including phenoxy) is 1. The summed E-state index contributed by atoms with van der Waals surface area (Å²) in [6.45, 7) is 6.75. The van der Waals surface area contributed by atoms with Gasteiger partial charge in [-0.3, -0.25) is 9.48 Å². The number of methoxy groups -OCH3 is 1. The van der Waals surface area contributed by atoms with Crippen molar-refractivity contribution in [3.8, 4) is 5.75 Å². The lowest BCUT2D eigenvalue weighted by molar-refractivity contribution is -0.115. The first-order chi connectivity index (χ1) is 13.0. The van der Waals surface area contributed by atoms with E-state index in [-0.39, 0.29) is 12.3 Å². The summed E-state index contributed by atoms with van der Waals surface area (Å²) in [5.74, 6) is 0.699. The van der Waals surface area contributed by atoms with Gasteiger partial charge in [-0.05, 0) is 38.5 Å². The molecule has 0 aliphatic carbocycles. The number of aryl methyl sites for hydroxylation is 2. The number of carbonyl (C=O) groups is 1. The predicted molar refractivity (Wildman–Crippen MR) is 105 cm³/mol. The molecule has 0 fully saturated rings. The standard InChI is InChI=1S/C19H23N5O2S/c1-5-24-13(3)16(12(2)23-24)11-17(25)20-19-22-21-18(27-19)10-14-7-6-8-15(9-14)26-4/h6-9H,5,10-11H2,1-4H3,(H,20,22,25). The molecule has 0 aliphatic rings. The summed E-state index contributed by atoms with van der Waals surface area (Å²) in [5.41, 5.74) is 3.97. The molecule has 27 heavy (non-hydrogen) atoms. The molecule has 0 saturated carbocycles. The Hall–Kier alpha value is -2.74. The molecule has 0 aliphatic heterocycles. The first-order valence-corrected chi connectivity index (χ1v) is 9.59. The van der Waals surface area contributed by atoms with E-state index in [0.717, 1.165) is 39.8 Å². The Morgan fingerprint density at radius 1 is 1.30 bits per heavy atom. The molecule has 142 valence electrons. The van der Waals surface area contributed by atoms with Crippen molar-refractivity contribution in [3.05, 3.63) is 51.8 Å². The summed E-state index contributed by atoms with van der Waals surface area (Å²) in [5, 5.41) is 16.9. The lowest BCUT2D eigenvalue weighted by Gasteiger charge is -2.03. The number of benzene rings is 1. The van der Waals surface area contributed by atoms with Crippen LogP contribution >= 0.6 is 11.3 Å². The van der Waals surface area contributed by atoms with Crippen LogP contribution in [-0.2, 0) is 24.2 Å². The fraction of sp³-hybridized carbons (Fsp3) is 0.368. The summed E-state index contributed by atoms with van der Waals surface area (Å²) in [7, 11) is 1.64. The van der Waals surface area contributed by atoms with Crippen LogP contribution in [0.4, 0.5) is 5.13 Å². The maximum atomic E-state index is 12.4. The summed E-state index contributed by atoms with van der Waals surface area (Å²) in [4.78, 5) is 12.4. The van der Waals surface area contributed by atoms with Gasteiger partial charge in [0.1, 0.15) is 10.8 Å². The molecule has 2 heterocycles. The van der Waals surface area contributed by atoms with Gasteiger partial charge in [-0.2, -0.15) is 5.10 Å². The summed E-state index contributed by atoms with van der Waals surface area (Å²) < 4.78 is 7.15. The molecule has 1 aromatic carbocycles. The zero-order valence-corrected chi connectivity index (χ0v) is 16.8. The van der Waals surface area contributed by atoms with Gasteiger partial charge in [-0.15, -0.1) is 10.2 Å². The van der Waals surface area contributed by atoms with E-state index in [1.54, 1.807) is 7.11 Å². The Labute approximate surface area is 162 Å². The molecule has 0 spiro atoms. The summed E-state index contributed by atoms with van der Waals surface area (Å²) in [6, 6.07) is 7.83. The molecular weight excluding hydrogens is 362 g/mol. The van der Waals surface area contributed by atoms with Gasteiger partial charge in [0.25, 0.3) is 0 Å². The molecule has 3 rings (SSSR count). The topological polar surface area (TPSA) is 81.9 Å². The number of nitrogens with one attached hydrogen (secondary N) is 1. The van der Waals surface area contributed by atoms with Gasteiger partial charge in [0.05, 0.1) is 19.2 Å². The average Bonchev–Trinajstić information content (AvgIpc) is 3.20. The second-order valence-electron chi connectivity index (χ2n) is 6.22. The number of nitrogens with zero attached hydrogens (tertiary/aromatic N) is 4. The second-order valence-corrected chi connectivity index (χ2v) is 7.28. The Kier molecular flexibility index (Phi) is 5.85. The quantitative estimate of drug-likeness (QED) is 0.676. The maximum absolute atomic E-state index is 12.4. The van der Waals surface area contributed by atoms with Crippen LogP contribution in [0.15, 0.2) is 24.3 Å². The van der Waals surface area contributed by atoms with Crippen molar-refractivity contribution in [2.75, 3.05) is 12.4 Å². The molecule has 0 radical (unpaired) electrons. The van der Waals surface area contributed by atoms with Crippen LogP contribution in [0.5, 0.6) is 5.75 Å². The third-order valence-electron chi connectivity index (χ3n) is 4.37. The number of amides is 1. The molecule has 0 bridgehead atoms. The first-order valence-electron chi connectivity index (χ1n) is 8.78. The highest BCUT2D eigenvalue weighted by atomic mass is 32.1. The van der Waals surface area contributed by atoms with Crippen LogP contribution in [0.25, 0.3) is 0 Å². The number of aromatic nitrogens is 4. The monoisotopic (exact) mass is 385 g/mol. The Morgan fingerprint density at radius 3 is 2.81 bits per heavy atom. The minimum atomic E-state index is -0.110. The van der Waals surface area contributed by atoms with Gasteiger partial charge in [0, 0.05) is 24.2 Å². The minimum absolute atomic E-state index is 0.110. The van der Waals surface area contributed by atoms with Crippen molar-refractivity contribution in [1.82, 2.24) is 20.0 Å². The Morgan fingerprint density at radius 2 is 2.11 bits per heavy atom. The van der Waals surface area contributed by atoms with Crippen molar-refractivity contribution in [3.63, 3.8) is 0 Å². The zero-order valence-electron chi connectivity index (χ0n) is 15.9. The summed E-state index contributed by atoms with van der Waals surface area (Å²) >= 11 is 1.38. The van der Waals surface area contributed by atoms with Crippen molar-refractivity contribution in [2.24, 2.45) is 0 Å². The van der Waals surface area contributed by atoms with E-state index in [0.29, 0.717) is 11.6 Å². The Bertz CT molecular complexity index is 947. The smallest absolute Gasteiger partial charge is 0.230 e. The zero-order chi connectivity index (χ0) is 19.4. The van der Waals surface area contributed by atoms with Crippen LogP contribution < -0.4 is 10.1 Å². The number of rotatable bonds is 7. The van der Waals surface area contributed by atoms with Gasteiger partial charge in [-0.1, -0.05) is 23.5 Å². The highest BCUT2D eigenvalue weighted by Crippen LogP contribution is 2.21. The largest absolute Gasteiger partial charge is 0.497 e. The van der Waals surface area contributed by atoms with Gasteiger partial charge >= 0.3 is 0 Å². The van der Waals surface area contributed by atoms with Gasteiger partial charge in [0.15, 0.2) is 0 Å². The van der Waals surface area contributed by atoms with E-state index in [4.69, 9.17) is 4.74 Å². The van der Waals surface area contributed by atoms with E-state index in [1.165, 1.54) is 11.3 Å². The number of anilines is 1. The van der Waals surface area contributed by atoms with Crippen LogP contribution in [0.1, 0.15) is 34.4 Å². The van der Waals surface area contributed by atoms with Crippen molar-refractivity contribution < 1.29 is 9.53 Å². The lowest BCUT2D eigenvalue weighted by Crippen LogP contribution is -2.15. The third-order valence-corrected chi connectivity index (χ3v) is 5.21. The van der Waals surface area contributed by atoms with E-state index in [2.05, 4.69) is 20.6 Å². The van der Waals surface area contributed by atoms with E-state index in [1.807, 2.05) is 49.7 Å². The molecule has 2 aromatic heterocycles. The normalized spacial score (nSPS) is 10.8. The molecule has 0 saturated heterocycles. The van der Waals surface area contributed by atoms with Crippen molar-refractivity contribution in [2.45, 2.75) is 40.2 Å². The predicted octanol–water partition coefficient (Wildman–Crippen LogP) is 3.15. The number of carbonyl (C=O) groups excluding carboxylic acids is 1. The van der Waals surface area contributed by atoms with Crippen molar-refractivity contribution >= 4 is 22.4 Å². The SMILES string of the molecule is CCn1nc(C)c(CC(=O)Nc2nnc(Cc3cccc(OC)c3)s2)c1C. The lowest BCUT2D eigenvalue weighted by atomic mass is 10.1. The molecule has 1 amide bonds. The summed E-state index contributed by atoms with van der Waals surface area (Å²) in [6.07, 6.45) is 0.925. The highest BCUT2D eigenvalue weighted by Gasteiger charge is 2.16. The van der Waals surface area contributed by atoms with Crippen molar-refractivity contribution in [1.29, 1.82) is 0 Å². The first kappa shape index (κ1) is 19.0. The van der Waals surface area contributed by atoms with Crippen LogP contribution in [0.2, 0.25) is 0 Å². The molecule has 0 unspecified atom stereocenters. The molecule has 8 heteroatoms. The van der Waals surface area contributed by atoms with E-state index < -0.39 is 0 Å². The van der Waals surface area contributed by atoms with E-state index >= 15 is 0 Å². The Balaban J connectivity index is 1.63. The second kappa shape index (κ2) is 8.30. The minimum Gasteiger partial charge on any atom is -0.497 e. The fourth-order valence-electron chi connectivity index (χ4n) is 2.95. The van der Waals surface area contributed by atoms with Crippen LogP contribution in [0.3, 0.4) is 0 Å². The molecule has 3 aromatic rings. The molecule has 7 nitrogen and oxygen atoms in total. The van der Waals surface area contributed by atoms with Gasteiger partial charge < -0.3 is 10.1 Å².